The lowest BCUT2D eigenvalue weighted by atomic mass is 9.72. The maximum Gasteiger partial charge on any atom is 0.134 e. The summed E-state index contributed by atoms with van der Waals surface area (Å²) in [5.74, 6) is 0.678. The number of nitriles is 1. The average molecular weight is 406 g/mol. The first kappa shape index (κ1) is 20.2. The molecule has 2 aliphatic rings. The van der Waals surface area contributed by atoms with E-state index in [0.29, 0.717) is 11.3 Å². The summed E-state index contributed by atoms with van der Waals surface area (Å²) in [7, 11) is 0. The molecule has 4 rings (SSSR count). The van der Waals surface area contributed by atoms with E-state index in [1.807, 2.05) is 6.21 Å². The molecule has 2 heterocycles. The number of anilines is 1. The van der Waals surface area contributed by atoms with Crippen LogP contribution < -0.4 is 4.90 Å². The van der Waals surface area contributed by atoms with Gasteiger partial charge in [0.2, 0.25) is 0 Å². The quantitative estimate of drug-likeness (QED) is 0.552. The molecule has 1 saturated heterocycles. The topological polar surface area (TPSA) is 39.4 Å². The van der Waals surface area contributed by atoms with Gasteiger partial charge < -0.3 is 4.90 Å². The van der Waals surface area contributed by atoms with Crippen LogP contribution in [0.1, 0.15) is 67.2 Å². The summed E-state index contributed by atoms with van der Waals surface area (Å²) >= 11 is 1.73. The van der Waals surface area contributed by atoms with E-state index < -0.39 is 0 Å². The molecular weight excluding hydrogens is 374 g/mol. The Bertz CT molecular complexity index is 965. The van der Waals surface area contributed by atoms with Gasteiger partial charge in [-0.3, -0.25) is 0 Å². The minimum atomic E-state index is 0.312. The first-order valence-corrected chi connectivity index (χ1v) is 11.6. The molecule has 1 aliphatic carbocycles. The van der Waals surface area contributed by atoms with Gasteiger partial charge in [-0.1, -0.05) is 26.8 Å². The molecule has 0 bridgehead atoms. The van der Waals surface area contributed by atoms with Crippen molar-refractivity contribution >= 4 is 28.2 Å². The van der Waals surface area contributed by atoms with Crippen LogP contribution in [0.2, 0.25) is 0 Å². The Balaban J connectivity index is 1.58. The van der Waals surface area contributed by atoms with E-state index in [1.54, 1.807) is 11.3 Å². The standard InChI is InChI=1S/C25H31N3S/c1-17-13-20(28-11-5-6-12-28)9-7-18(17)16-27-24-22(15-26)21-10-8-19(25(2,3)4)14-23(21)29-24/h7,9,13,16,19H,5-6,8,10-12,14H2,1-4H3/t19-/m1/s1. The number of aliphatic imine (C=N–C) groups is 1. The second-order valence-electron chi connectivity index (χ2n) is 9.59. The number of benzene rings is 1. The molecule has 4 heteroatoms. The maximum atomic E-state index is 9.78. The third-order valence-corrected chi connectivity index (χ3v) is 7.79. The number of nitrogens with zero attached hydrogens (tertiary/aromatic N) is 3. The van der Waals surface area contributed by atoms with Gasteiger partial charge in [0.05, 0.1) is 5.56 Å². The minimum Gasteiger partial charge on any atom is -0.372 e. The van der Waals surface area contributed by atoms with Crippen LogP contribution in [-0.2, 0) is 12.8 Å². The Morgan fingerprint density at radius 2 is 2.00 bits per heavy atom. The summed E-state index contributed by atoms with van der Waals surface area (Å²) in [6.45, 7) is 11.5. The highest BCUT2D eigenvalue weighted by atomic mass is 32.1. The largest absolute Gasteiger partial charge is 0.372 e. The molecule has 29 heavy (non-hydrogen) atoms. The Kier molecular flexibility index (Phi) is 5.53. The van der Waals surface area contributed by atoms with Crippen LogP contribution in [0.4, 0.5) is 10.7 Å². The van der Waals surface area contributed by atoms with Crippen LogP contribution in [0.5, 0.6) is 0 Å². The molecule has 0 radical (unpaired) electrons. The van der Waals surface area contributed by atoms with Gasteiger partial charge >= 0.3 is 0 Å². The zero-order chi connectivity index (χ0) is 20.6. The van der Waals surface area contributed by atoms with E-state index in [4.69, 9.17) is 4.99 Å². The van der Waals surface area contributed by atoms with Crippen LogP contribution in [0, 0.1) is 29.6 Å². The highest BCUT2D eigenvalue weighted by molar-refractivity contribution is 7.16. The molecular formula is C25H31N3S. The van der Waals surface area contributed by atoms with Crippen LogP contribution in [0.15, 0.2) is 23.2 Å². The van der Waals surface area contributed by atoms with Crippen molar-refractivity contribution in [2.75, 3.05) is 18.0 Å². The number of fused-ring (bicyclic) bond motifs is 1. The Hall–Kier alpha value is -2.12. The Morgan fingerprint density at radius 3 is 2.66 bits per heavy atom. The summed E-state index contributed by atoms with van der Waals surface area (Å²) in [5, 5.41) is 10.7. The molecule has 0 amide bonds. The van der Waals surface area contributed by atoms with E-state index in [1.165, 1.54) is 41.0 Å². The van der Waals surface area contributed by atoms with Gasteiger partial charge in [0.15, 0.2) is 0 Å². The van der Waals surface area contributed by atoms with Crippen molar-refractivity contribution < 1.29 is 0 Å². The summed E-state index contributed by atoms with van der Waals surface area (Å²) < 4.78 is 0. The van der Waals surface area contributed by atoms with E-state index in [9.17, 15) is 5.26 Å². The predicted molar refractivity (Wildman–Crippen MR) is 124 cm³/mol. The Labute approximate surface area is 179 Å². The van der Waals surface area contributed by atoms with Crippen LogP contribution >= 0.6 is 11.3 Å². The summed E-state index contributed by atoms with van der Waals surface area (Å²) in [4.78, 5) is 8.62. The number of rotatable bonds is 3. The highest BCUT2D eigenvalue weighted by Gasteiger charge is 2.32. The first-order valence-electron chi connectivity index (χ1n) is 10.8. The third-order valence-electron chi connectivity index (χ3n) is 6.63. The lowest BCUT2D eigenvalue weighted by Crippen LogP contribution is -2.26. The molecule has 0 unspecified atom stereocenters. The smallest absolute Gasteiger partial charge is 0.134 e. The number of hydrogen-bond donors (Lipinski definition) is 0. The maximum absolute atomic E-state index is 9.78. The average Bonchev–Trinajstić information content (AvgIpc) is 3.33. The normalized spacial score (nSPS) is 19.6. The fraction of sp³-hybridized carbons (Fsp3) is 0.520. The minimum absolute atomic E-state index is 0.312. The number of thiophene rings is 1. The molecule has 0 saturated carbocycles. The number of hydrogen-bond acceptors (Lipinski definition) is 4. The van der Waals surface area contributed by atoms with Gasteiger partial charge in [0.25, 0.3) is 0 Å². The lowest BCUT2D eigenvalue weighted by molar-refractivity contribution is 0.218. The van der Waals surface area contributed by atoms with Crippen molar-refractivity contribution in [1.29, 1.82) is 5.26 Å². The van der Waals surface area contributed by atoms with Crippen molar-refractivity contribution in [2.24, 2.45) is 16.3 Å². The molecule has 1 atom stereocenters. The fourth-order valence-corrected chi connectivity index (χ4v) is 5.84. The molecule has 0 spiro atoms. The van der Waals surface area contributed by atoms with Crippen molar-refractivity contribution in [3.8, 4) is 6.07 Å². The lowest BCUT2D eigenvalue weighted by Gasteiger charge is -2.33. The van der Waals surface area contributed by atoms with E-state index in [0.717, 1.165) is 42.1 Å². The van der Waals surface area contributed by atoms with Crippen molar-refractivity contribution in [2.45, 2.75) is 59.8 Å². The second kappa shape index (κ2) is 7.95. The Morgan fingerprint density at radius 1 is 1.24 bits per heavy atom. The molecule has 152 valence electrons. The van der Waals surface area contributed by atoms with E-state index >= 15 is 0 Å². The molecule has 0 N–H and O–H groups in total. The monoisotopic (exact) mass is 405 g/mol. The zero-order valence-electron chi connectivity index (χ0n) is 18.1. The van der Waals surface area contributed by atoms with E-state index in [-0.39, 0.29) is 0 Å². The second-order valence-corrected chi connectivity index (χ2v) is 10.7. The third kappa shape index (κ3) is 4.12. The van der Waals surface area contributed by atoms with Gasteiger partial charge in [-0.15, -0.1) is 11.3 Å². The summed E-state index contributed by atoms with van der Waals surface area (Å²) in [5.41, 5.74) is 6.06. The van der Waals surface area contributed by atoms with Crippen molar-refractivity contribution in [1.82, 2.24) is 0 Å². The van der Waals surface area contributed by atoms with Gasteiger partial charge in [-0.2, -0.15) is 5.26 Å². The molecule has 1 aromatic heterocycles. The van der Waals surface area contributed by atoms with Gasteiger partial charge in [-0.25, -0.2) is 4.99 Å². The highest BCUT2D eigenvalue weighted by Crippen LogP contribution is 2.44. The zero-order valence-corrected chi connectivity index (χ0v) is 18.9. The van der Waals surface area contributed by atoms with Crippen molar-refractivity contribution in [3.05, 3.63) is 45.3 Å². The fourth-order valence-electron chi connectivity index (χ4n) is 4.62. The molecule has 1 fully saturated rings. The predicted octanol–water partition coefficient (Wildman–Crippen LogP) is 6.43. The first-order chi connectivity index (χ1) is 13.9. The van der Waals surface area contributed by atoms with Crippen LogP contribution in [-0.4, -0.2) is 19.3 Å². The van der Waals surface area contributed by atoms with Crippen molar-refractivity contribution in [3.63, 3.8) is 0 Å². The van der Waals surface area contributed by atoms with Gasteiger partial charge in [0, 0.05) is 29.9 Å². The SMILES string of the molecule is Cc1cc(N2CCCC2)ccc1C=Nc1sc2c(c1C#N)CC[C@@H](C(C)(C)C)C2. The van der Waals surface area contributed by atoms with Crippen LogP contribution in [0.3, 0.4) is 0 Å². The van der Waals surface area contributed by atoms with E-state index in [2.05, 4.69) is 56.9 Å². The molecule has 2 aromatic rings. The van der Waals surface area contributed by atoms with Crippen LogP contribution in [0.25, 0.3) is 0 Å². The molecule has 1 aliphatic heterocycles. The van der Waals surface area contributed by atoms with Gasteiger partial charge in [0.1, 0.15) is 11.1 Å². The molecule has 3 nitrogen and oxygen atoms in total. The summed E-state index contributed by atoms with van der Waals surface area (Å²) in [6.07, 6.45) is 7.79. The van der Waals surface area contributed by atoms with Gasteiger partial charge in [-0.05, 0) is 79.2 Å². The number of aryl methyl sites for hydroxylation is 1. The molecule has 1 aromatic carbocycles. The summed E-state index contributed by atoms with van der Waals surface area (Å²) in [6, 6.07) is 9.09.